The van der Waals surface area contributed by atoms with Crippen LogP contribution in [-0.2, 0) is 4.75 Å². The molecule has 0 amide bonds. The summed E-state index contributed by atoms with van der Waals surface area (Å²) < 4.78 is 2.08. The minimum Gasteiger partial charge on any atom is -0.241 e. The van der Waals surface area contributed by atoms with E-state index < -0.39 is 0 Å². The summed E-state index contributed by atoms with van der Waals surface area (Å²) in [7, 11) is 0. The van der Waals surface area contributed by atoms with E-state index in [2.05, 4.69) is 43.5 Å². The first kappa shape index (κ1) is 9.59. The van der Waals surface area contributed by atoms with Crippen molar-refractivity contribution in [3.63, 3.8) is 0 Å². The molecule has 0 fully saturated rings. The van der Waals surface area contributed by atoms with Crippen LogP contribution in [-0.4, -0.2) is 15.9 Å². The van der Waals surface area contributed by atoms with Crippen molar-refractivity contribution in [3.8, 4) is 0 Å². The van der Waals surface area contributed by atoms with Crippen LogP contribution in [0.15, 0.2) is 30.6 Å². The maximum atomic E-state index is 4.23. The average molecular weight is 206 g/mol. The fourth-order valence-corrected chi connectivity index (χ4v) is 1.74. The maximum Gasteiger partial charge on any atom is 0.0661 e. The number of fused-ring (bicyclic) bond motifs is 1. The number of hydrogen-bond acceptors (Lipinski definition) is 2. The van der Waals surface area contributed by atoms with Gasteiger partial charge in [0, 0.05) is 17.1 Å². The Balaban J connectivity index is 2.53. The van der Waals surface area contributed by atoms with Gasteiger partial charge in [-0.3, -0.25) is 0 Å². The van der Waals surface area contributed by atoms with E-state index in [-0.39, 0.29) is 4.75 Å². The normalized spacial score (nSPS) is 12.2. The van der Waals surface area contributed by atoms with Crippen LogP contribution in [0.25, 0.3) is 5.52 Å². The number of pyridine rings is 1. The third kappa shape index (κ3) is 1.52. The van der Waals surface area contributed by atoms with Crippen molar-refractivity contribution in [1.29, 1.82) is 0 Å². The Morgan fingerprint density at radius 3 is 2.79 bits per heavy atom. The number of rotatable bonds is 2. The molecule has 3 heteroatoms. The Bertz CT molecular complexity index is 445. The molecule has 0 N–H and O–H groups in total. The third-order valence-electron chi connectivity index (χ3n) is 2.60. The first-order chi connectivity index (χ1) is 6.63. The van der Waals surface area contributed by atoms with Crippen LogP contribution in [0.1, 0.15) is 19.4 Å². The fraction of sp³-hybridized carbons (Fsp3) is 0.364. The summed E-state index contributed by atoms with van der Waals surface area (Å²) >= 11 is 1.85. The zero-order valence-corrected chi connectivity index (χ0v) is 9.51. The van der Waals surface area contributed by atoms with E-state index in [1.807, 2.05) is 28.5 Å². The van der Waals surface area contributed by atoms with Gasteiger partial charge in [-0.15, -0.1) is 0 Å². The minimum absolute atomic E-state index is 0.153. The molecule has 0 saturated heterocycles. The lowest BCUT2D eigenvalue weighted by Gasteiger charge is -2.22. The third-order valence-corrected chi connectivity index (χ3v) is 3.86. The summed E-state index contributed by atoms with van der Waals surface area (Å²) in [5, 5.41) is 4.23. The molecular weight excluding hydrogens is 192 g/mol. The number of nitrogens with zero attached hydrogens (tertiary/aromatic N) is 2. The largest absolute Gasteiger partial charge is 0.241 e. The average Bonchev–Trinajstić information content (AvgIpc) is 2.64. The Hall–Kier alpha value is -0.960. The molecule has 74 valence electrons. The van der Waals surface area contributed by atoms with Crippen molar-refractivity contribution in [3.05, 3.63) is 36.2 Å². The van der Waals surface area contributed by atoms with Gasteiger partial charge in [0.1, 0.15) is 0 Å². The van der Waals surface area contributed by atoms with Crippen LogP contribution in [0, 0.1) is 0 Å². The van der Waals surface area contributed by atoms with E-state index in [1.165, 1.54) is 5.56 Å². The minimum atomic E-state index is 0.153. The van der Waals surface area contributed by atoms with E-state index in [4.69, 9.17) is 0 Å². The highest BCUT2D eigenvalue weighted by atomic mass is 32.2. The molecule has 0 saturated carbocycles. The second-order valence-corrected chi connectivity index (χ2v) is 5.26. The molecule has 14 heavy (non-hydrogen) atoms. The van der Waals surface area contributed by atoms with Gasteiger partial charge in [-0.05, 0) is 37.8 Å². The molecule has 2 rings (SSSR count). The molecule has 0 bridgehead atoms. The second-order valence-electron chi connectivity index (χ2n) is 3.83. The molecule has 2 nitrogen and oxygen atoms in total. The number of aromatic nitrogens is 2. The molecule has 2 heterocycles. The lowest BCUT2D eigenvalue weighted by atomic mass is 10.0. The first-order valence-electron chi connectivity index (χ1n) is 4.62. The Labute approximate surface area is 88.3 Å². The van der Waals surface area contributed by atoms with Crippen molar-refractivity contribution < 1.29 is 0 Å². The monoisotopic (exact) mass is 206 g/mol. The van der Waals surface area contributed by atoms with Crippen LogP contribution in [0.4, 0.5) is 0 Å². The van der Waals surface area contributed by atoms with Gasteiger partial charge in [0.2, 0.25) is 0 Å². The lowest BCUT2D eigenvalue weighted by molar-refractivity contribution is 0.768. The van der Waals surface area contributed by atoms with Crippen molar-refractivity contribution >= 4 is 17.3 Å². The molecule has 0 aromatic carbocycles. The van der Waals surface area contributed by atoms with Crippen molar-refractivity contribution in [2.75, 3.05) is 6.26 Å². The van der Waals surface area contributed by atoms with Crippen molar-refractivity contribution in [1.82, 2.24) is 9.61 Å². The molecule has 0 spiro atoms. The smallest absolute Gasteiger partial charge is 0.0661 e. The van der Waals surface area contributed by atoms with Gasteiger partial charge in [-0.2, -0.15) is 16.9 Å². The SMILES string of the molecule is CSC(C)(C)c1ccc2ccnn2c1. The number of thioether (sulfide) groups is 1. The summed E-state index contributed by atoms with van der Waals surface area (Å²) in [6.45, 7) is 4.45. The zero-order chi connectivity index (χ0) is 10.2. The highest BCUT2D eigenvalue weighted by molar-refractivity contribution is 7.99. The molecule has 0 radical (unpaired) electrons. The maximum absolute atomic E-state index is 4.23. The van der Waals surface area contributed by atoms with Gasteiger partial charge >= 0.3 is 0 Å². The van der Waals surface area contributed by atoms with Gasteiger partial charge < -0.3 is 0 Å². The summed E-state index contributed by atoms with van der Waals surface area (Å²) in [6.07, 6.45) is 6.06. The fourth-order valence-electron chi connectivity index (χ4n) is 1.39. The van der Waals surface area contributed by atoms with E-state index in [1.54, 1.807) is 0 Å². The van der Waals surface area contributed by atoms with Gasteiger partial charge in [-0.1, -0.05) is 6.07 Å². The van der Waals surface area contributed by atoms with Crippen LogP contribution in [0.5, 0.6) is 0 Å². The van der Waals surface area contributed by atoms with Crippen LogP contribution in [0.3, 0.4) is 0 Å². The quantitative estimate of drug-likeness (QED) is 0.751. The van der Waals surface area contributed by atoms with E-state index in [9.17, 15) is 0 Å². The molecule has 2 aromatic heterocycles. The molecule has 0 aliphatic rings. The predicted molar refractivity (Wildman–Crippen MR) is 61.7 cm³/mol. The molecule has 0 aliphatic carbocycles. The Morgan fingerprint density at radius 2 is 2.07 bits per heavy atom. The first-order valence-corrected chi connectivity index (χ1v) is 5.85. The van der Waals surface area contributed by atoms with E-state index in [0.29, 0.717) is 0 Å². The second kappa shape index (κ2) is 3.31. The van der Waals surface area contributed by atoms with Crippen molar-refractivity contribution in [2.45, 2.75) is 18.6 Å². The molecule has 0 aliphatic heterocycles. The highest BCUT2D eigenvalue weighted by Crippen LogP contribution is 2.33. The van der Waals surface area contributed by atoms with Gasteiger partial charge in [0.25, 0.3) is 0 Å². The number of hydrogen-bond donors (Lipinski definition) is 0. The lowest BCUT2D eigenvalue weighted by Crippen LogP contribution is -2.12. The highest BCUT2D eigenvalue weighted by Gasteiger charge is 2.19. The Kier molecular flexibility index (Phi) is 2.27. The topological polar surface area (TPSA) is 17.3 Å². The van der Waals surface area contributed by atoms with Crippen LogP contribution in [0.2, 0.25) is 0 Å². The van der Waals surface area contributed by atoms with E-state index >= 15 is 0 Å². The van der Waals surface area contributed by atoms with Crippen molar-refractivity contribution in [2.24, 2.45) is 0 Å². The standard InChI is InChI=1S/C11H14N2S/c1-11(2,14-3)9-4-5-10-6-7-12-13(10)8-9/h4-8H,1-3H3. The predicted octanol–water partition coefficient (Wildman–Crippen LogP) is 2.93. The van der Waals surface area contributed by atoms with Gasteiger partial charge in [-0.25, -0.2) is 4.52 Å². The Morgan fingerprint density at radius 1 is 1.29 bits per heavy atom. The molecule has 2 aromatic rings. The van der Waals surface area contributed by atoms with E-state index in [0.717, 1.165) is 5.52 Å². The summed E-state index contributed by atoms with van der Waals surface area (Å²) in [5.41, 5.74) is 2.45. The van der Waals surface area contributed by atoms with Gasteiger partial charge in [0.05, 0.1) is 5.52 Å². The van der Waals surface area contributed by atoms with Gasteiger partial charge in [0.15, 0.2) is 0 Å². The van der Waals surface area contributed by atoms with Crippen LogP contribution >= 0.6 is 11.8 Å². The molecule has 0 atom stereocenters. The molecule has 0 unspecified atom stereocenters. The molecular formula is C11H14N2S. The zero-order valence-electron chi connectivity index (χ0n) is 8.69. The summed E-state index contributed by atoms with van der Waals surface area (Å²) in [4.78, 5) is 0. The summed E-state index contributed by atoms with van der Waals surface area (Å²) in [5.74, 6) is 0. The van der Waals surface area contributed by atoms with Crippen LogP contribution < -0.4 is 0 Å². The summed E-state index contributed by atoms with van der Waals surface area (Å²) in [6, 6.07) is 6.30.